The fourth-order valence-electron chi connectivity index (χ4n) is 0.884. The maximum atomic E-state index is 5.45. The van der Waals surface area contributed by atoms with E-state index in [2.05, 4.69) is 19.1 Å². The third-order valence-electron chi connectivity index (χ3n) is 1.57. The van der Waals surface area contributed by atoms with Crippen molar-refractivity contribution in [1.29, 1.82) is 0 Å². The molecule has 1 unspecified atom stereocenters. The molecule has 0 fully saturated rings. The fourth-order valence-corrected chi connectivity index (χ4v) is 0.884. The van der Waals surface area contributed by atoms with E-state index in [1.54, 1.807) is 0 Å². The Hall–Kier alpha value is -0.690. The molecule has 1 nitrogen and oxygen atoms in total. The van der Waals surface area contributed by atoms with Gasteiger partial charge >= 0.3 is 0 Å². The molecule has 1 rings (SSSR count). The number of rotatable bonds is 1. The van der Waals surface area contributed by atoms with E-state index in [1.165, 1.54) is 0 Å². The van der Waals surface area contributed by atoms with Crippen molar-refractivity contribution in [3.05, 3.63) is 30.7 Å². The molecule has 1 atom stereocenters. The van der Waals surface area contributed by atoms with Crippen molar-refractivity contribution >= 4 is 0 Å². The van der Waals surface area contributed by atoms with Crippen LogP contribution in [0.4, 0.5) is 0 Å². The summed E-state index contributed by atoms with van der Waals surface area (Å²) >= 11 is 0. The molecule has 0 heterocycles. The van der Waals surface area contributed by atoms with Crippen LogP contribution < -0.4 is 5.73 Å². The Morgan fingerprint density at radius 2 is 2.67 bits per heavy atom. The second-order valence-corrected chi connectivity index (χ2v) is 2.37. The maximum absolute atomic E-state index is 5.45. The zero-order valence-corrected chi connectivity index (χ0v) is 5.51. The van der Waals surface area contributed by atoms with Crippen LogP contribution >= 0.6 is 0 Å². The van der Waals surface area contributed by atoms with Gasteiger partial charge in [-0.05, 0) is 6.08 Å². The van der Waals surface area contributed by atoms with Crippen LogP contribution in [-0.2, 0) is 0 Å². The highest BCUT2D eigenvalue weighted by Crippen LogP contribution is 2.17. The molecule has 0 saturated carbocycles. The van der Waals surface area contributed by atoms with E-state index in [1.807, 2.05) is 6.08 Å². The first kappa shape index (κ1) is 6.43. The molecule has 1 aliphatic carbocycles. The lowest BCUT2D eigenvalue weighted by Gasteiger charge is -2.08. The minimum absolute atomic E-state index is 0.551. The van der Waals surface area contributed by atoms with E-state index in [0.717, 1.165) is 18.5 Å². The summed E-state index contributed by atoms with van der Waals surface area (Å²) in [4.78, 5) is 0. The van der Waals surface area contributed by atoms with Crippen molar-refractivity contribution in [2.45, 2.75) is 6.42 Å². The van der Waals surface area contributed by atoms with Crippen LogP contribution in [0.1, 0.15) is 6.42 Å². The summed E-state index contributed by atoms with van der Waals surface area (Å²) in [6.07, 6.45) is 7.34. The van der Waals surface area contributed by atoms with Crippen LogP contribution in [0.5, 0.6) is 0 Å². The van der Waals surface area contributed by atoms with Gasteiger partial charge in [0.25, 0.3) is 0 Å². The Bertz CT molecular complexity index is 136. The zero-order valence-electron chi connectivity index (χ0n) is 5.51. The molecule has 0 amide bonds. The summed E-state index contributed by atoms with van der Waals surface area (Å²) in [6.45, 7) is 4.55. The van der Waals surface area contributed by atoms with Crippen molar-refractivity contribution in [2.24, 2.45) is 11.7 Å². The molecule has 0 saturated heterocycles. The van der Waals surface area contributed by atoms with Crippen molar-refractivity contribution in [1.82, 2.24) is 0 Å². The van der Waals surface area contributed by atoms with Crippen LogP contribution in [0.2, 0.25) is 0 Å². The molecule has 0 aliphatic heterocycles. The van der Waals surface area contributed by atoms with Gasteiger partial charge in [-0.3, -0.25) is 0 Å². The Kier molecular flexibility index (Phi) is 1.96. The first-order valence-corrected chi connectivity index (χ1v) is 3.23. The van der Waals surface area contributed by atoms with E-state index < -0.39 is 0 Å². The Morgan fingerprint density at radius 1 is 1.89 bits per heavy atom. The zero-order chi connectivity index (χ0) is 6.69. The van der Waals surface area contributed by atoms with Gasteiger partial charge in [0, 0.05) is 38.0 Å². The Balaban J connectivity index is 2.48. The van der Waals surface area contributed by atoms with Gasteiger partial charge < -0.3 is 5.73 Å². The number of hydrogen-bond acceptors (Lipinski definition) is 1. The molecule has 0 spiro atoms. The highest BCUT2D eigenvalue weighted by Gasteiger charge is 2.12. The van der Waals surface area contributed by atoms with Crippen LogP contribution in [0.25, 0.3) is 0 Å². The minimum Gasteiger partial charge on any atom is -0.330 e. The quantitative estimate of drug-likeness (QED) is 0.521. The second kappa shape index (κ2) is 2.74. The molecule has 0 aromatic carbocycles. The van der Waals surface area contributed by atoms with Gasteiger partial charge in [-0.15, -0.1) is 0 Å². The lowest BCUT2D eigenvalue weighted by molar-refractivity contribution is 0.646. The van der Waals surface area contributed by atoms with Gasteiger partial charge in [0.05, 0.1) is 0 Å². The summed E-state index contributed by atoms with van der Waals surface area (Å²) in [7, 11) is 0. The standard InChI is InChI=1S/C8H12N/c1-7-2-4-8(6-9)5-3-7/h2-4,8H,1,5-6,9H2/q+1. The van der Waals surface area contributed by atoms with Crippen LogP contribution in [0, 0.1) is 12.3 Å². The highest BCUT2D eigenvalue weighted by molar-refractivity contribution is 5.27. The lowest BCUT2D eigenvalue weighted by Crippen LogP contribution is -2.14. The van der Waals surface area contributed by atoms with Gasteiger partial charge in [-0.25, -0.2) is 0 Å². The predicted octanol–water partition coefficient (Wildman–Crippen LogP) is 1.28. The van der Waals surface area contributed by atoms with Crippen molar-refractivity contribution in [3.63, 3.8) is 0 Å². The van der Waals surface area contributed by atoms with Crippen LogP contribution in [0.15, 0.2) is 24.3 Å². The molecule has 9 heavy (non-hydrogen) atoms. The van der Waals surface area contributed by atoms with Crippen LogP contribution in [-0.4, -0.2) is 6.54 Å². The fraction of sp³-hybridized carbons (Fsp3) is 0.375. The van der Waals surface area contributed by atoms with Gasteiger partial charge in [-0.2, -0.15) is 0 Å². The summed E-state index contributed by atoms with van der Waals surface area (Å²) in [5.74, 6) is 0.551. The molecule has 1 heteroatoms. The number of hydrogen-bond donors (Lipinski definition) is 1. The molecule has 0 bridgehead atoms. The molecule has 0 aromatic heterocycles. The molecule has 2 N–H and O–H groups in total. The summed E-state index contributed by atoms with van der Waals surface area (Å²) in [6, 6.07) is 0. The Morgan fingerprint density at radius 3 is 3.11 bits per heavy atom. The van der Waals surface area contributed by atoms with Crippen LogP contribution in [0.3, 0.4) is 0 Å². The predicted molar refractivity (Wildman–Crippen MR) is 39.7 cm³/mol. The average molecular weight is 122 g/mol. The molecule has 0 radical (unpaired) electrons. The third-order valence-corrected chi connectivity index (χ3v) is 1.57. The first-order valence-electron chi connectivity index (χ1n) is 3.23. The number of allylic oxidation sites excluding steroid dienone is 2. The smallest absolute Gasteiger partial charge is 0.122 e. The molecular formula is C8H12N+. The van der Waals surface area contributed by atoms with Gasteiger partial charge in [0.15, 0.2) is 0 Å². The first-order chi connectivity index (χ1) is 4.33. The van der Waals surface area contributed by atoms with Crippen molar-refractivity contribution in [3.8, 4) is 0 Å². The Labute approximate surface area is 56.2 Å². The van der Waals surface area contributed by atoms with E-state index in [0.29, 0.717) is 5.92 Å². The van der Waals surface area contributed by atoms with E-state index in [4.69, 9.17) is 5.73 Å². The summed E-state index contributed by atoms with van der Waals surface area (Å²) < 4.78 is 0. The minimum atomic E-state index is 0.551. The number of nitrogens with two attached hydrogens (primary N) is 1. The molecule has 0 aromatic rings. The SMILES string of the molecule is C=C1C=CC(CN)C[CH+]1. The molecular weight excluding hydrogens is 110 g/mol. The monoisotopic (exact) mass is 122 g/mol. The second-order valence-electron chi connectivity index (χ2n) is 2.37. The van der Waals surface area contributed by atoms with Gasteiger partial charge in [-0.1, -0.05) is 0 Å². The summed E-state index contributed by atoms with van der Waals surface area (Å²) in [5, 5.41) is 0. The third kappa shape index (κ3) is 1.61. The summed E-state index contributed by atoms with van der Waals surface area (Å²) in [5.41, 5.74) is 6.56. The van der Waals surface area contributed by atoms with E-state index >= 15 is 0 Å². The maximum Gasteiger partial charge on any atom is 0.122 e. The largest absolute Gasteiger partial charge is 0.330 e. The highest BCUT2D eigenvalue weighted by atomic mass is 14.5. The van der Waals surface area contributed by atoms with Gasteiger partial charge in [0.2, 0.25) is 0 Å². The van der Waals surface area contributed by atoms with E-state index in [9.17, 15) is 0 Å². The lowest BCUT2D eigenvalue weighted by atomic mass is 9.94. The average Bonchev–Trinajstić information content (AvgIpc) is 1.90. The van der Waals surface area contributed by atoms with Crippen molar-refractivity contribution in [2.75, 3.05) is 6.54 Å². The normalized spacial score (nSPS) is 25.9. The van der Waals surface area contributed by atoms with Gasteiger partial charge in [0.1, 0.15) is 5.57 Å². The topological polar surface area (TPSA) is 26.0 Å². The van der Waals surface area contributed by atoms with Crippen molar-refractivity contribution < 1.29 is 0 Å². The molecule has 48 valence electrons. The van der Waals surface area contributed by atoms with E-state index in [-0.39, 0.29) is 0 Å². The molecule has 1 aliphatic rings.